The third-order valence-electron chi connectivity index (χ3n) is 3.40. The summed E-state index contributed by atoms with van der Waals surface area (Å²) >= 11 is 1.57. The predicted molar refractivity (Wildman–Crippen MR) is 89.7 cm³/mol. The minimum atomic E-state index is -0.145. The van der Waals surface area contributed by atoms with E-state index in [2.05, 4.69) is 10.3 Å². The van der Waals surface area contributed by atoms with Crippen molar-refractivity contribution in [2.45, 2.75) is 6.42 Å². The molecule has 0 saturated heterocycles. The van der Waals surface area contributed by atoms with Gasteiger partial charge in [0.05, 0.1) is 6.42 Å². The zero-order valence-corrected chi connectivity index (χ0v) is 13.3. The molecule has 0 unspecified atom stereocenters. The largest absolute Gasteiger partial charge is 0.331 e. The van der Waals surface area contributed by atoms with Crippen molar-refractivity contribution in [3.05, 3.63) is 70.4 Å². The Hall–Kier alpha value is -2.73. The first-order chi connectivity index (χ1) is 11.1. The molecule has 0 fully saturated rings. The second-order valence-electron chi connectivity index (χ2n) is 5.12. The SMILES string of the molecule is Cn1ccnc1C(=O)c1ccc(NC(=O)Cc2ccsc2)cc1. The quantitative estimate of drug-likeness (QED) is 0.734. The first-order valence-corrected chi connectivity index (χ1v) is 8.01. The Bertz CT molecular complexity index is 820. The highest BCUT2D eigenvalue weighted by Crippen LogP contribution is 2.14. The molecule has 0 radical (unpaired) electrons. The lowest BCUT2D eigenvalue weighted by Gasteiger charge is -2.06. The van der Waals surface area contributed by atoms with E-state index in [-0.39, 0.29) is 11.7 Å². The van der Waals surface area contributed by atoms with Crippen LogP contribution in [0.1, 0.15) is 21.7 Å². The Balaban J connectivity index is 1.66. The zero-order chi connectivity index (χ0) is 16.2. The summed E-state index contributed by atoms with van der Waals surface area (Å²) in [5.74, 6) is 0.166. The number of benzene rings is 1. The van der Waals surface area contributed by atoms with Crippen LogP contribution in [0.5, 0.6) is 0 Å². The topological polar surface area (TPSA) is 64.0 Å². The lowest BCUT2D eigenvalue weighted by molar-refractivity contribution is -0.115. The van der Waals surface area contributed by atoms with Crippen molar-refractivity contribution in [2.75, 3.05) is 5.32 Å². The molecule has 1 amide bonds. The summed E-state index contributed by atoms with van der Waals surface area (Å²) in [6.45, 7) is 0. The van der Waals surface area contributed by atoms with Crippen LogP contribution in [-0.4, -0.2) is 21.2 Å². The van der Waals surface area contributed by atoms with Crippen molar-refractivity contribution >= 4 is 28.7 Å². The molecule has 0 bridgehead atoms. The lowest BCUT2D eigenvalue weighted by Crippen LogP contribution is -2.14. The summed E-state index contributed by atoms with van der Waals surface area (Å²) in [6.07, 6.45) is 3.66. The molecule has 1 aromatic carbocycles. The van der Waals surface area contributed by atoms with E-state index >= 15 is 0 Å². The number of ketones is 1. The van der Waals surface area contributed by atoms with Crippen molar-refractivity contribution in [3.63, 3.8) is 0 Å². The minimum absolute atomic E-state index is 0.0772. The summed E-state index contributed by atoms with van der Waals surface area (Å²) in [7, 11) is 1.78. The average Bonchev–Trinajstić information content (AvgIpc) is 3.19. The fourth-order valence-corrected chi connectivity index (χ4v) is 2.87. The lowest BCUT2D eigenvalue weighted by atomic mass is 10.1. The molecule has 2 heterocycles. The standard InChI is InChI=1S/C17H15N3O2S/c1-20-8-7-18-17(20)16(22)13-2-4-14(5-3-13)19-15(21)10-12-6-9-23-11-12/h2-9,11H,10H2,1H3,(H,19,21). The van der Waals surface area contributed by atoms with Crippen LogP contribution in [0.25, 0.3) is 0 Å². The number of hydrogen-bond donors (Lipinski definition) is 1. The minimum Gasteiger partial charge on any atom is -0.331 e. The number of aromatic nitrogens is 2. The maximum absolute atomic E-state index is 12.3. The van der Waals surface area contributed by atoms with Gasteiger partial charge >= 0.3 is 0 Å². The number of carbonyl (C=O) groups is 2. The van der Waals surface area contributed by atoms with Crippen LogP contribution in [0, 0.1) is 0 Å². The maximum Gasteiger partial charge on any atom is 0.228 e. The first kappa shape index (κ1) is 15.2. The zero-order valence-electron chi connectivity index (χ0n) is 12.5. The molecule has 2 aromatic heterocycles. The van der Waals surface area contributed by atoms with Gasteiger partial charge in [-0.1, -0.05) is 0 Å². The van der Waals surface area contributed by atoms with Crippen LogP contribution in [0.2, 0.25) is 0 Å². The van der Waals surface area contributed by atoms with Gasteiger partial charge in [-0.25, -0.2) is 4.98 Å². The highest BCUT2D eigenvalue weighted by atomic mass is 32.1. The fourth-order valence-electron chi connectivity index (χ4n) is 2.20. The Morgan fingerprint density at radius 3 is 2.61 bits per heavy atom. The van der Waals surface area contributed by atoms with E-state index in [1.807, 2.05) is 16.8 Å². The number of thiophene rings is 1. The molecule has 1 N–H and O–H groups in total. The Morgan fingerprint density at radius 1 is 1.22 bits per heavy atom. The summed E-state index contributed by atoms with van der Waals surface area (Å²) in [5.41, 5.74) is 2.20. The van der Waals surface area contributed by atoms with Gasteiger partial charge in [-0.15, -0.1) is 0 Å². The van der Waals surface area contributed by atoms with Crippen LogP contribution in [0.4, 0.5) is 5.69 Å². The summed E-state index contributed by atoms with van der Waals surface area (Å²) in [5, 5.41) is 6.72. The van der Waals surface area contributed by atoms with E-state index < -0.39 is 0 Å². The number of amides is 1. The van der Waals surface area contributed by atoms with Gasteiger partial charge in [-0.3, -0.25) is 9.59 Å². The average molecular weight is 325 g/mol. The molecule has 0 spiro atoms. The number of imidazole rings is 1. The van der Waals surface area contributed by atoms with E-state index in [4.69, 9.17) is 0 Å². The predicted octanol–water partition coefficient (Wildman–Crippen LogP) is 2.89. The highest BCUT2D eigenvalue weighted by Gasteiger charge is 2.13. The molecule has 0 aliphatic rings. The van der Waals surface area contributed by atoms with Crippen molar-refractivity contribution in [1.29, 1.82) is 0 Å². The third kappa shape index (κ3) is 3.54. The Labute approximate surface area is 137 Å². The molecule has 116 valence electrons. The molecule has 5 nitrogen and oxygen atoms in total. The molecule has 23 heavy (non-hydrogen) atoms. The van der Waals surface area contributed by atoms with Gasteiger partial charge in [0.25, 0.3) is 0 Å². The van der Waals surface area contributed by atoms with Gasteiger partial charge < -0.3 is 9.88 Å². The van der Waals surface area contributed by atoms with Gasteiger partial charge in [0.2, 0.25) is 11.7 Å². The number of rotatable bonds is 5. The number of aryl methyl sites for hydroxylation is 1. The van der Waals surface area contributed by atoms with Gasteiger partial charge in [0.1, 0.15) is 0 Å². The van der Waals surface area contributed by atoms with Gasteiger partial charge in [-0.2, -0.15) is 11.3 Å². The second-order valence-corrected chi connectivity index (χ2v) is 5.90. The second kappa shape index (κ2) is 6.58. The van der Waals surface area contributed by atoms with Crippen molar-refractivity contribution < 1.29 is 9.59 Å². The van der Waals surface area contributed by atoms with Crippen LogP contribution in [0.3, 0.4) is 0 Å². The molecule has 3 rings (SSSR count). The summed E-state index contributed by atoms with van der Waals surface area (Å²) < 4.78 is 1.68. The Morgan fingerprint density at radius 2 is 2.00 bits per heavy atom. The summed E-state index contributed by atoms with van der Waals surface area (Å²) in [6, 6.07) is 8.76. The molecule has 0 aliphatic heterocycles. The molecule has 3 aromatic rings. The van der Waals surface area contributed by atoms with E-state index in [1.54, 1.807) is 59.6 Å². The van der Waals surface area contributed by atoms with E-state index in [0.29, 0.717) is 23.5 Å². The number of nitrogens with zero attached hydrogens (tertiary/aromatic N) is 2. The van der Waals surface area contributed by atoms with Crippen LogP contribution < -0.4 is 5.32 Å². The van der Waals surface area contributed by atoms with Crippen LogP contribution in [0.15, 0.2) is 53.5 Å². The Kier molecular flexibility index (Phi) is 4.34. The van der Waals surface area contributed by atoms with Crippen molar-refractivity contribution in [1.82, 2.24) is 9.55 Å². The van der Waals surface area contributed by atoms with Gasteiger partial charge in [-0.05, 0) is 46.7 Å². The molecule has 0 atom stereocenters. The van der Waals surface area contributed by atoms with E-state index in [9.17, 15) is 9.59 Å². The third-order valence-corrected chi connectivity index (χ3v) is 4.13. The van der Waals surface area contributed by atoms with Crippen molar-refractivity contribution in [2.24, 2.45) is 7.05 Å². The van der Waals surface area contributed by atoms with Crippen LogP contribution >= 0.6 is 11.3 Å². The first-order valence-electron chi connectivity index (χ1n) is 7.06. The molecular weight excluding hydrogens is 310 g/mol. The molecule has 0 saturated carbocycles. The molecule has 0 aliphatic carbocycles. The van der Waals surface area contributed by atoms with Gasteiger partial charge in [0.15, 0.2) is 5.82 Å². The van der Waals surface area contributed by atoms with Crippen molar-refractivity contribution in [3.8, 4) is 0 Å². The molecular formula is C17H15N3O2S. The van der Waals surface area contributed by atoms with Gasteiger partial charge in [0, 0.05) is 30.7 Å². The fraction of sp³-hybridized carbons (Fsp3) is 0.118. The smallest absolute Gasteiger partial charge is 0.228 e. The number of carbonyl (C=O) groups excluding carboxylic acids is 2. The maximum atomic E-state index is 12.3. The number of hydrogen-bond acceptors (Lipinski definition) is 4. The highest BCUT2D eigenvalue weighted by molar-refractivity contribution is 7.08. The number of nitrogens with one attached hydrogen (secondary N) is 1. The van der Waals surface area contributed by atoms with E-state index in [1.165, 1.54) is 0 Å². The van der Waals surface area contributed by atoms with Crippen LogP contribution in [-0.2, 0) is 18.3 Å². The monoisotopic (exact) mass is 325 g/mol. The number of anilines is 1. The van der Waals surface area contributed by atoms with E-state index in [0.717, 1.165) is 5.56 Å². The molecule has 6 heteroatoms. The summed E-state index contributed by atoms with van der Waals surface area (Å²) in [4.78, 5) is 28.3. The normalized spacial score (nSPS) is 10.5.